The summed E-state index contributed by atoms with van der Waals surface area (Å²) in [6.07, 6.45) is 4.60. The van der Waals surface area contributed by atoms with E-state index in [1.54, 1.807) is 11.8 Å². The van der Waals surface area contributed by atoms with Gasteiger partial charge < -0.3 is 18.6 Å². The number of fused-ring (bicyclic) bond motifs is 1. The molecule has 1 aliphatic heterocycles. The van der Waals surface area contributed by atoms with Gasteiger partial charge in [-0.2, -0.15) is 5.21 Å². The number of carbonyl (C=O) groups excluding carboxylic acids is 2. The predicted molar refractivity (Wildman–Crippen MR) is 237 cm³/mol. The number of aromatic nitrogens is 8. The topological polar surface area (TPSA) is 155 Å². The highest BCUT2D eigenvalue weighted by Crippen LogP contribution is 2.32. The third kappa shape index (κ3) is 9.22. The number of aryl methyl sites for hydroxylation is 2. The van der Waals surface area contributed by atoms with Gasteiger partial charge in [-0.05, 0) is 88.8 Å². The van der Waals surface area contributed by atoms with Gasteiger partial charge in [0.15, 0.2) is 0 Å². The van der Waals surface area contributed by atoms with Crippen LogP contribution in [-0.4, -0.2) is 56.1 Å². The normalized spacial score (nSPS) is 13.8. The second-order valence-corrected chi connectivity index (χ2v) is 16.8. The molecule has 0 radical (unpaired) electrons. The lowest BCUT2D eigenvalue weighted by atomic mass is 9.98. The minimum atomic E-state index is -0.400. The summed E-state index contributed by atoms with van der Waals surface area (Å²) >= 11 is 2.78. The molecule has 13 nitrogen and oxygen atoms in total. The van der Waals surface area contributed by atoms with Crippen molar-refractivity contribution in [1.82, 2.24) is 45.0 Å². The summed E-state index contributed by atoms with van der Waals surface area (Å²) in [7, 11) is 1.96. The van der Waals surface area contributed by atoms with Crippen LogP contribution in [0, 0.1) is 0 Å². The highest BCUT2D eigenvalue weighted by atomic mass is 32.2. The van der Waals surface area contributed by atoms with E-state index in [4.69, 9.17) is 19.4 Å². The fourth-order valence-corrected chi connectivity index (χ4v) is 8.90. The number of ether oxygens (including phenoxy) is 2. The standard InChI is InChI=1S/C46H41N9O4S2/c1-3-6-42-47-32(26-55(42)25-30-9-13-31(14-10-30)37-7-4-5-8-38(37)44-50-52-53-51-44)28-60-36-20-17-34(18-21-36)59-35-19-22-39-40(24-35)54(2)43(48-39)27-58-33-15-11-29(12-16-33)23-41-45(56)49-46(57)61-41/h4-5,7-22,24,26,41H,3,6,23,25,27-28H2,1-2H3,(H,49,56,57)(H,50,51,52,53). The average molecular weight is 848 g/mol. The second kappa shape index (κ2) is 17.9. The number of amides is 2. The molecule has 1 fully saturated rings. The van der Waals surface area contributed by atoms with Crippen LogP contribution in [0.25, 0.3) is 33.5 Å². The van der Waals surface area contributed by atoms with E-state index in [9.17, 15) is 9.59 Å². The molecule has 306 valence electrons. The molecule has 1 unspecified atom stereocenters. The largest absolute Gasteiger partial charge is 0.486 e. The van der Waals surface area contributed by atoms with Crippen molar-refractivity contribution in [1.29, 1.82) is 0 Å². The Morgan fingerprint density at radius 2 is 1.57 bits per heavy atom. The Bertz CT molecular complexity index is 2800. The van der Waals surface area contributed by atoms with Gasteiger partial charge in [0.25, 0.3) is 5.24 Å². The molecule has 2 N–H and O–H groups in total. The van der Waals surface area contributed by atoms with E-state index >= 15 is 0 Å². The molecule has 5 aromatic carbocycles. The lowest BCUT2D eigenvalue weighted by Crippen LogP contribution is -2.25. The molecule has 8 aromatic rings. The number of hydrogen-bond donors (Lipinski definition) is 2. The summed E-state index contributed by atoms with van der Waals surface area (Å²) in [6.45, 7) is 3.21. The first-order chi connectivity index (χ1) is 29.8. The zero-order valence-electron chi connectivity index (χ0n) is 33.4. The van der Waals surface area contributed by atoms with E-state index in [-0.39, 0.29) is 17.8 Å². The number of tetrazole rings is 1. The Balaban J connectivity index is 0.788. The average Bonchev–Trinajstić information content (AvgIpc) is 4.08. The summed E-state index contributed by atoms with van der Waals surface area (Å²) in [5.41, 5.74) is 8.08. The van der Waals surface area contributed by atoms with E-state index in [1.165, 1.54) is 5.56 Å². The van der Waals surface area contributed by atoms with Gasteiger partial charge in [0, 0.05) is 48.5 Å². The van der Waals surface area contributed by atoms with Gasteiger partial charge in [-0.15, -0.1) is 22.0 Å². The molecule has 15 heteroatoms. The van der Waals surface area contributed by atoms with Gasteiger partial charge in [-0.1, -0.05) is 79.3 Å². The molecule has 4 heterocycles. The summed E-state index contributed by atoms with van der Waals surface area (Å²) in [5, 5.41) is 16.3. The Hall–Kier alpha value is -6.71. The van der Waals surface area contributed by atoms with Gasteiger partial charge in [0.05, 0.1) is 22.0 Å². The van der Waals surface area contributed by atoms with Crippen LogP contribution in [0.5, 0.6) is 17.2 Å². The van der Waals surface area contributed by atoms with Crippen LogP contribution in [0.15, 0.2) is 126 Å². The smallest absolute Gasteiger partial charge is 0.286 e. The number of aromatic amines is 1. The number of nitrogens with zero attached hydrogens (tertiary/aromatic N) is 7. The molecule has 1 atom stereocenters. The maximum Gasteiger partial charge on any atom is 0.286 e. The van der Waals surface area contributed by atoms with Gasteiger partial charge in [-0.25, -0.2) is 9.97 Å². The van der Waals surface area contributed by atoms with Crippen LogP contribution in [0.3, 0.4) is 0 Å². The fraction of sp³-hybridized carbons (Fsp3) is 0.196. The zero-order chi connectivity index (χ0) is 41.7. The molecule has 0 aliphatic carbocycles. The van der Waals surface area contributed by atoms with Crippen LogP contribution in [0.4, 0.5) is 4.79 Å². The van der Waals surface area contributed by atoms with Crippen molar-refractivity contribution in [2.45, 2.75) is 55.2 Å². The number of rotatable bonds is 16. The summed E-state index contributed by atoms with van der Waals surface area (Å²) in [4.78, 5) is 34.4. The Kier molecular flexibility index (Phi) is 11.6. The first kappa shape index (κ1) is 39.7. The molecule has 1 aliphatic rings. The highest BCUT2D eigenvalue weighted by molar-refractivity contribution is 8.15. The maximum absolute atomic E-state index is 11.9. The van der Waals surface area contributed by atoms with Crippen molar-refractivity contribution in [3.05, 3.63) is 150 Å². The molecule has 61 heavy (non-hydrogen) atoms. The Morgan fingerprint density at radius 3 is 2.31 bits per heavy atom. The number of benzene rings is 5. The van der Waals surface area contributed by atoms with Crippen molar-refractivity contribution >= 4 is 45.7 Å². The first-order valence-electron chi connectivity index (χ1n) is 19.9. The summed E-state index contributed by atoms with van der Waals surface area (Å²) in [6, 6.07) is 38.3. The van der Waals surface area contributed by atoms with Crippen LogP contribution < -0.4 is 14.8 Å². The van der Waals surface area contributed by atoms with E-state index in [0.717, 1.165) is 98.2 Å². The van der Waals surface area contributed by atoms with Crippen molar-refractivity contribution < 1.29 is 19.1 Å². The molecule has 3 aromatic heterocycles. The Morgan fingerprint density at radius 1 is 0.820 bits per heavy atom. The van der Waals surface area contributed by atoms with E-state index in [1.807, 2.05) is 84.4 Å². The third-order valence-corrected chi connectivity index (χ3v) is 12.4. The molecule has 1 saturated heterocycles. The minimum absolute atomic E-state index is 0.242. The summed E-state index contributed by atoms with van der Waals surface area (Å²) < 4.78 is 16.6. The third-order valence-electron chi connectivity index (χ3n) is 10.4. The SMILES string of the molecule is CCCc1nc(CSc2ccc(Oc3ccc4nc(COc5ccc(CC6SC(=O)NC6=O)cc5)n(C)c4c3)cc2)cn1Cc1ccc(-c2ccccc2-c2nn[nH]n2)cc1. The van der Waals surface area contributed by atoms with Crippen LogP contribution in [-0.2, 0) is 43.6 Å². The lowest BCUT2D eigenvalue weighted by molar-refractivity contribution is -0.118. The number of carbonyl (C=O) groups is 2. The zero-order valence-corrected chi connectivity index (χ0v) is 35.1. The van der Waals surface area contributed by atoms with Crippen molar-refractivity contribution in [2.75, 3.05) is 0 Å². The van der Waals surface area contributed by atoms with Crippen molar-refractivity contribution in [3.8, 4) is 39.8 Å². The molecule has 9 rings (SSSR count). The molecule has 0 saturated carbocycles. The van der Waals surface area contributed by atoms with Gasteiger partial charge in [-0.3, -0.25) is 14.9 Å². The van der Waals surface area contributed by atoms with Gasteiger partial charge in [0.2, 0.25) is 11.7 Å². The van der Waals surface area contributed by atoms with Crippen LogP contribution in [0.1, 0.15) is 41.8 Å². The molecule has 0 spiro atoms. The number of H-pyrrole nitrogens is 1. The number of hydrogen-bond acceptors (Lipinski definition) is 11. The van der Waals surface area contributed by atoms with Gasteiger partial charge in [0.1, 0.15) is 35.5 Å². The van der Waals surface area contributed by atoms with Crippen LogP contribution in [0.2, 0.25) is 0 Å². The predicted octanol–water partition coefficient (Wildman–Crippen LogP) is 9.18. The molecular weight excluding hydrogens is 807 g/mol. The van der Waals surface area contributed by atoms with Crippen molar-refractivity contribution in [3.63, 3.8) is 0 Å². The van der Waals surface area contributed by atoms with Crippen LogP contribution >= 0.6 is 23.5 Å². The van der Waals surface area contributed by atoms with Crippen molar-refractivity contribution in [2.24, 2.45) is 7.05 Å². The fourth-order valence-electron chi connectivity index (χ4n) is 7.26. The number of nitrogens with one attached hydrogen (secondary N) is 2. The summed E-state index contributed by atoms with van der Waals surface area (Å²) in [5.74, 6) is 5.11. The maximum atomic E-state index is 11.9. The molecule has 0 bridgehead atoms. The highest BCUT2D eigenvalue weighted by Gasteiger charge is 2.31. The number of imidazole rings is 2. The number of imide groups is 1. The van der Waals surface area contributed by atoms with E-state index in [0.29, 0.717) is 23.7 Å². The quantitative estimate of drug-likeness (QED) is 0.0895. The molecular formula is C46H41N9O4S2. The molecule has 2 amide bonds. The second-order valence-electron chi connectivity index (χ2n) is 14.6. The lowest BCUT2D eigenvalue weighted by Gasteiger charge is -2.10. The van der Waals surface area contributed by atoms with E-state index in [2.05, 4.69) is 86.1 Å². The van der Waals surface area contributed by atoms with Gasteiger partial charge >= 0.3 is 0 Å². The number of thioether (sulfide) groups is 2. The Labute approximate surface area is 360 Å². The minimum Gasteiger partial charge on any atom is -0.486 e. The monoisotopic (exact) mass is 847 g/mol. The van der Waals surface area contributed by atoms with E-state index < -0.39 is 5.25 Å². The first-order valence-corrected chi connectivity index (χ1v) is 21.8.